The zero-order chi connectivity index (χ0) is 28.9. The van der Waals surface area contributed by atoms with E-state index in [1.54, 1.807) is 0 Å². The molecular weight excluding hydrogens is 528 g/mol. The molecule has 0 aliphatic carbocycles. The fourth-order valence-electron chi connectivity index (χ4n) is 5.52. The second-order valence-electron chi connectivity index (χ2n) is 10.6. The summed E-state index contributed by atoms with van der Waals surface area (Å²) in [5.74, 6) is 1.03. The number of amides is 1. The standard InChI is InChI=1S/C34H34N4O4/c1-37-21-30(28-13-12-27(20-31(28)37)38-18-16-26(17-19-38)35-34(39)40)29-14-15-32(41-22-24-8-4-2-5-9-24)36-33(29)42-23-25-10-6-3-7-11-25/h2-15,20-21,26,35H,16-19,22-23H2,1H3,(H,39,40). The highest BCUT2D eigenvalue weighted by Gasteiger charge is 2.22. The van der Waals surface area contributed by atoms with Crippen LogP contribution in [0.4, 0.5) is 10.5 Å². The first-order valence-electron chi connectivity index (χ1n) is 14.2. The number of anilines is 1. The molecule has 3 aromatic carbocycles. The van der Waals surface area contributed by atoms with Crippen molar-refractivity contribution in [2.45, 2.75) is 32.1 Å². The smallest absolute Gasteiger partial charge is 0.404 e. The number of nitrogens with one attached hydrogen (secondary N) is 1. The molecule has 2 N–H and O–H groups in total. The van der Waals surface area contributed by atoms with E-state index in [0.717, 1.165) is 64.8 Å². The monoisotopic (exact) mass is 562 g/mol. The van der Waals surface area contributed by atoms with Gasteiger partial charge in [-0.3, -0.25) is 0 Å². The number of piperidine rings is 1. The van der Waals surface area contributed by atoms with Crippen LogP contribution in [0.15, 0.2) is 97.2 Å². The Balaban J connectivity index is 1.28. The summed E-state index contributed by atoms with van der Waals surface area (Å²) in [5.41, 5.74) is 6.30. The Hall–Kier alpha value is -4.98. The minimum Gasteiger partial charge on any atom is -0.473 e. The van der Waals surface area contributed by atoms with Gasteiger partial charge in [0, 0.05) is 60.6 Å². The summed E-state index contributed by atoms with van der Waals surface area (Å²) < 4.78 is 14.5. The van der Waals surface area contributed by atoms with Gasteiger partial charge in [-0.25, -0.2) is 4.79 Å². The first kappa shape index (κ1) is 27.2. The van der Waals surface area contributed by atoms with Crippen molar-refractivity contribution in [1.29, 1.82) is 0 Å². The first-order valence-corrected chi connectivity index (χ1v) is 14.2. The molecule has 0 spiro atoms. The third-order valence-corrected chi connectivity index (χ3v) is 7.73. The van der Waals surface area contributed by atoms with Gasteiger partial charge in [0.25, 0.3) is 0 Å². The molecule has 0 saturated carbocycles. The van der Waals surface area contributed by atoms with Crippen molar-refractivity contribution in [3.63, 3.8) is 0 Å². The molecule has 8 nitrogen and oxygen atoms in total. The Morgan fingerprint density at radius 3 is 2.21 bits per heavy atom. The zero-order valence-electron chi connectivity index (χ0n) is 23.6. The third-order valence-electron chi connectivity index (χ3n) is 7.73. The van der Waals surface area contributed by atoms with Crippen molar-refractivity contribution in [3.8, 4) is 22.9 Å². The topological polar surface area (TPSA) is 88.9 Å². The summed E-state index contributed by atoms with van der Waals surface area (Å²) in [6.45, 7) is 2.43. The Morgan fingerprint density at radius 2 is 1.55 bits per heavy atom. The summed E-state index contributed by atoms with van der Waals surface area (Å²) >= 11 is 0. The number of aryl methyl sites for hydroxylation is 1. The van der Waals surface area contributed by atoms with E-state index in [9.17, 15) is 4.79 Å². The molecule has 1 saturated heterocycles. The molecule has 5 aromatic rings. The molecule has 42 heavy (non-hydrogen) atoms. The van der Waals surface area contributed by atoms with Crippen LogP contribution >= 0.6 is 0 Å². The summed E-state index contributed by atoms with van der Waals surface area (Å²) in [6, 6.07) is 30.5. The van der Waals surface area contributed by atoms with Crippen molar-refractivity contribution < 1.29 is 19.4 Å². The van der Waals surface area contributed by atoms with Crippen molar-refractivity contribution in [2.75, 3.05) is 18.0 Å². The van der Waals surface area contributed by atoms with Crippen LogP contribution in [-0.2, 0) is 20.3 Å². The number of hydrogen-bond donors (Lipinski definition) is 2. The van der Waals surface area contributed by atoms with E-state index in [2.05, 4.69) is 39.2 Å². The average Bonchev–Trinajstić information content (AvgIpc) is 3.35. The predicted octanol–water partition coefficient (Wildman–Crippen LogP) is 6.63. The zero-order valence-corrected chi connectivity index (χ0v) is 23.6. The molecule has 1 amide bonds. The second-order valence-corrected chi connectivity index (χ2v) is 10.6. The highest BCUT2D eigenvalue weighted by Crippen LogP contribution is 2.38. The summed E-state index contributed by atoms with van der Waals surface area (Å²) in [5, 5.41) is 12.8. The molecule has 1 fully saturated rings. The number of carboxylic acid groups (broad SMARTS) is 1. The molecule has 6 rings (SSSR count). The lowest BCUT2D eigenvalue weighted by Gasteiger charge is -2.33. The molecule has 214 valence electrons. The number of benzene rings is 3. The normalized spacial score (nSPS) is 13.7. The Bertz CT molecular complexity index is 1660. The molecule has 1 aliphatic rings. The van der Waals surface area contributed by atoms with Gasteiger partial charge in [-0.15, -0.1) is 0 Å². The van der Waals surface area contributed by atoms with Crippen LogP contribution in [0, 0.1) is 0 Å². The van der Waals surface area contributed by atoms with Gasteiger partial charge in [0.2, 0.25) is 11.8 Å². The van der Waals surface area contributed by atoms with Crippen LogP contribution in [0.2, 0.25) is 0 Å². The molecular formula is C34H34N4O4. The van der Waals surface area contributed by atoms with E-state index >= 15 is 0 Å². The number of fused-ring (bicyclic) bond motifs is 1. The average molecular weight is 563 g/mol. The van der Waals surface area contributed by atoms with Crippen LogP contribution in [0.3, 0.4) is 0 Å². The van der Waals surface area contributed by atoms with Crippen LogP contribution in [0.25, 0.3) is 22.0 Å². The number of ether oxygens (including phenoxy) is 2. The van der Waals surface area contributed by atoms with Gasteiger partial charge in [0.05, 0.1) is 5.52 Å². The van der Waals surface area contributed by atoms with Crippen molar-refractivity contribution in [2.24, 2.45) is 7.05 Å². The quantitative estimate of drug-likeness (QED) is 0.210. The molecule has 0 bridgehead atoms. The minimum atomic E-state index is -0.955. The number of hydrogen-bond acceptors (Lipinski definition) is 5. The molecule has 2 aromatic heterocycles. The Kier molecular flexibility index (Phi) is 7.94. The Morgan fingerprint density at radius 1 is 0.881 bits per heavy atom. The minimum absolute atomic E-state index is 0.00516. The second kappa shape index (κ2) is 12.3. The summed E-state index contributed by atoms with van der Waals surface area (Å²) in [7, 11) is 2.05. The number of pyridine rings is 1. The van der Waals surface area contributed by atoms with Crippen molar-refractivity contribution in [1.82, 2.24) is 14.9 Å². The van der Waals surface area contributed by atoms with Gasteiger partial charge in [-0.05, 0) is 42.2 Å². The van der Waals surface area contributed by atoms with E-state index in [-0.39, 0.29) is 6.04 Å². The summed E-state index contributed by atoms with van der Waals surface area (Å²) in [4.78, 5) is 18.1. The largest absolute Gasteiger partial charge is 0.473 e. The van der Waals surface area contributed by atoms with Gasteiger partial charge < -0.3 is 29.4 Å². The fourth-order valence-corrected chi connectivity index (χ4v) is 5.52. The van der Waals surface area contributed by atoms with Crippen LogP contribution in [0.1, 0.15) is 24.0 Å². The van der Waals surface area contributed by atoms with Gasteiger partial charge >= 0.3 is 6.09 Å². The number of aromatic nitrogens is 2. The summed E-state index contributed by atoms with van der Waals surface area (Å²) in [6.07, 6.45) is 2.74. The number of carbonyl (C=O) groups is 1. The lowest BCUT2D eigenvalue weighted by molar-refractivity contribution is 0.187. The maximum Gasteiger partial charge on any atom is 0.404 e. The van der Waals surface area contributed by atoms with Gasteiger partial charge in [-0.2, -0.15) is 4.98 Å². The van der Waals surface area contributed by atoms with Crippen molar-refractivity contribution >= 4 is 22.7 Å². The Labute approximate surface area is 245 Å². The SMILES string of the molecule is Cn1cc(-c2ccc(OCc3ccccc3)nc2OCc2ccccc2)c2ccc(N3CCC(NC(=O)O)CC3)cc21. The van der Waals surface area contributed by atoms with E-state index in [0.29, 0.717) is 25.0 Å². The van der Waals surface area contributed by atoms with Crippen LogP contribution < -0.4 is 19.7 Å². The molecule has 8 heteroatoms. The maximum absolute atomic E-state index is 11.0. The first-order chi connectivity index (χ1) is 20.5. The van der Waals surface area contributed by atoms with Crippen LogP contribution in [-0.4, -0.2) is 39.9 Å². The third kappa shape index (κ3) is 6.17. The van der Waals surface area contributed by atoms with Gasteiger partial charge in [0.1, 0.15) is 13.2 Å². The highest BCUT2D eigenvalue weighted by atomic mass is 16.5. The fraction of sp³-hybridized carbons (Fsp3) is 0.235. The van der Waals surface area contributed by atoms with Crippen molar-refractivity contribution in [3.05, 3.63) is 108 Å². The highest BCUT2D eigenvalue weighted by molar-refractivity contribution is 5.98. The maximum atomic E-state index is 11.0. The predicted molar refractivity (Wildman–Crippen MR) is 164 cm³/mol. The molecule has 3 heterocycles. The number of rotatable bonds is 9. The molecule has 0 radical (unpaired) electrons. The van der Waals surface area contributed by atoms with Gasteiger partial charge in [0.15, 0.2) is 0 Å². The molecule has 0 unspecified atom stereocenters. The van der Waals surface area contributed by atoms with Crippen LogP contribution in [0.5, 0.6) is 11.8 Å². The van der Waals surface area contributed by atoms with E-state index in [1.807, 2.05) is 79.8 Å². The van der Waals surface area contributed by atoms with E-state index in [4.69, 9.17) is 19.6 Å². The lowest BCUT2D eigenvalue weighted by Crippen LogP contribution is -2.44. The molecule has 1 aliphatic heterocycles. The van der Waals surface area contributed by atoms with E-state index < -0.39 is 6.09 Å². The lowest BCUT2D eigenvalue weighted by atomic mass is 10.0. The molecule has 0 atom stereocenters. The van der Waals surface area contributed by atoms with E-state index in [1.165, 1.54) is 0 Å². The van der Waals surface area contributed by atoms with Gasteiger partial charge in [-0.1, -0.05) is 66.7 Å². The number of nitrogens with zero attached hydrogens (tertiary/aromatic N) is 3.